The lowest BCUT2D eigenvalue weighted by atomic mass is 10.1. The van der Waals surface area contributed by atoms with Crippen molar-refractivity contribution in [3.8, 4) is 0 Å². The van der Waals surface area contributed by atoms with Crippen molar-refractivity contribution in [1.29, 1.82) is 0 Å². The van der Waals surface area contributed by atoms with Gasteiger partial charge in [0.1, 0.15) is 5.03 Å². The van der Waals surface area contributed by atoms with E-state index in [1.165, 1.54) is 40.8 Å². The van der Waals surface area contributed by atoms with Gasteiger partial charge in [0, 0.05) is 17.6 Å². The van der Waals surface area contributed by atoms with Crippen LogP contribution in [0.1, 0.15) is 30.0 Å². The Morgan fingerprint density at radius 1 is 1.15 bits per heavy atom. The van der Waals surface area contributed by atoms with E-state index < -0.39 is 0 Å². The van der Waals surface area contributed by atoms with E-state index in [1.54, 1.807) is 11.8 Å². The Morgan fingerprint density at radius 3 is 2.85 bits per heavy atom. The normalized spacial score (nSPS) is 13.4. The molecule has 3 rings (SSSR count). The topological polar surface area (TPSA) is 24.9 Å². The first-order chi connectivity index (χ1) is 9.85. The predicted octanol–water partition coefficient (Wildman–Crippen LogP) is 3.83. The van der Waals surface area contributed by atoms with Crippen molar-refractivity contribution in [2.24, 2.45) is 0 Å². The van der Waals surface area contributed by atoms with E-state index in [4.69, 9.17) is 0 Å². The summed E-state index contributed by atoms with van der Waals surface area (Å²) in [4.78, 5) is 5.85. The van der Waals surface area contributed by atoms with Gasteiger partial charge in [0.15, 0.2) is 0 Å². The van der Waals surface area contributed by atoms with Crippen LogP contribution in [0.15, 0.2) is 46.5 Å². The Morgan fingerprint density at radius 2 is 2.05 bits per heavy atom. The molecule has 0 unspecified atom stereocenters. The summed E-state index contributed by atoms with van der Waals surface area (Å²) in [6, 6.07) is 11.1. The number of hydrogen-bond acceptors (Lipinski definition) is 3. The lowest BCUT2D eigenvalue weighted by Gasteiger charge is -2.06. The second-order valence-electron chi connectivity index (χ2n) is 5.17. The quantitative estimate of drug-likeness (QED) is 0.903. The van der Waals surface area contributed by atoms with Crippen molar-refractivity contribution in [1.82, 2.24) is 10.3 Å². The molecular formula is C17H20N2S. The van der Waals surface area contributed by atoms with Gasteiger partial charge < -0.3 is 5.32 Å². The van der Waals surface area contributed by atoms with E-state index in [9.17, 15) is 0 Å². The Labute approximate surface area is 125 Å². The van der Waals surface area contributed by atoms with Crippen molar-refractivity contribution < 1.29 is 0 Å². The number of pyridine rings is 1. The molecule has 104 valence electrons. The number of aryl methyl sites for hydroxylation is 2. The van der Waals surface area contributed by atoms with Gasteiger partial charge in [-0.2, -0.15) is 0 Å². The number of benzene rings is 1. The number of fused-ring (bicyclic) bond motifs is 1. The van der Waals surface area contributed by atoms with Gasteiger partial charge in [-0.05, 0) is 60.7 Å². The summed E-state index contributed by atoms with van der Waals surface area (Å²) < 4.78 is 0. The zero-order valence-electron chi connectivity index (χ0n) is 11.9. The summed E-state index contributed by atoms with van der Waals surface area (Å²) in [5.74, 6) is 0. The average Bonchev–Trinajstić information content (AvgIpc) is 2.94. The minimum atomic E-state index is 0.896. The summed E-state index contributed by atoms with van der Waals surface area (Å²) in [6.45, 7) is 4.00. The van der Waals surface area contributed by atoms with Crippen LogP contribution in [0, 0.1) is 0 Å². The Balaban J connectivity index is 1.68. The fourth-order valence-corrected chi connectivity index (χ4v) is 3.40. The van der Waals surface area contributed by atoms with Gasteiger partial charge >= 0.3 is 0 Å². The highest BCUT2D eigenvalue weighted by Gasteiger charge is 2.11. The predicted molar refractivity (Wildman–Crippen MR) is 84.2 cm³/mol. The maximum Gasteiger partial charge on any atom is 0.101 e. The Hall–Kier alpha value is -1.32. The summed E-state index contributed by atoms with van der Waals surface area (Å²) in [5.41, 5.74) is 4.30. The standard InChI is InChI=1S/C17H20N2S/c1-2-18-11-13-6-9-17(19-12-13)20-16-8-7-14-4-3-5-15(14)10-16/h6-10,12,18H,2-5,11H2,1H3. The molecule has 0 spiro atoms. The molecule has 2 nitrogen and oxygen atoms in total. The van der Waals surface area contributed by atoms with Crippen molar-refractivity contribution >= 4 is 11.8 Å². The first-order valence-electron chi connectivity index (χ1n) is 7.30. The molecule has 0 fully saturated rings. The van der Waals surface area contributed by atoms with E-state index in [2.05, 4.69) is 47.6 Å². The molecule has 20 heavy (non-hydrogen) atoms. The summed E-state index contributed by atoms with van der Waals surface area (Å²) in [7, 11) is 0. The van der Waals surface area contributed by atoms with Crippen LogP contribution in [-0.2, 0) is 19.4 Å². The summed E-state index contributed by atoms with van der Waals surface area (Å²) in [6.07, 6.45) is 5.76. The second kappa shape index (κ2) is 6.42. The summed E-state index contributed by atoms with van der Waals surface area (Å²) >= 11 is 1.75. The van der Waals surface area contributed by atoms with Crippen LogP contribution in [-0.4, -0.2) is 11.5 Å². The van der Waals surface area contributed by atoms with Gasteiger partial charge in [-0.25, -0.2) is 4.98 Å². The third-order valence-corrected chi connectivity index (χ3v) is 4.61. The molecule has 0 radical (unpaired) electrons. The molecule has 0 amide bonds. The van der Waals surface area contributed by atoms with Crippen LogP contribution in [0.2, 0.25) is 0 Å². The van der Waals surface area contributed by atoms with Gasteiger partial charge in [-0.3, -0.25) is 0 Å². The van der Waals surface area contributed by atoms with Gasteiger partial charge in [-0.1, -0.05) is 30.8 Å². The number of nitrogens with zero attached hydrogens (tertiary/aromatic N) is 1. The first-order valence-corrected chi connectivity index (χ1v) is 8.12. The highest BCUT2D eigenvalue weighted by molar-refractivity contribution is 7.99. The lowest BCUT2D eigenvalue weighted by Crippen LogP contribution is -2.11. The molecule has 0 aliphatic heterocycles. The van der Waals surface area contributed by atoms with Gasteiger partial charge in [0.25, 0.3) is 0 Å². The van der Waals surface area contributed by atoms with Crippen LogP contribution >= 0.6 is 11.8 Å². The maximum atomic E-state index is 4.54. The largest absolute Gasteiger partial charge is 0.313 e. The molecule has 0 saturated heterocycles. The Bertz CT molecular complexity index is 578. The first kappa shape index (κ1) is 13.7. The number of aromatic nitrogens is 1. The zero-order valence-corrected chi connectivity index (χ0v) is 12.7. The number of rotatable bonds is 5. The third kappa shape index (κ3) is 3.22. The van der Waals surface area contributed by atoms with Gasteiger partial charge in [0.05, 0.1) is 0 Å². The molecule has 0 bridgehead atoms. The maximum absolute atomic E-state index is 4.54. The molecule has 1 N–H and O–H groups in total. The highest BCUT2D eigenvalue weighted by Crippen LogP contribution is 2.31. The molecule has 1 aromatic heterocycles. The fraction of sp³-hybridized carbons (Fsp3) is 0.353. The monoisotopic (exact) mass is 284 g/mol. The molecule has 1 aliphatic carbocycles. The van der Waals surface area contributed by atoms with E-state index in [0.29, 0.717) is 0 Å². The molecule has 1 aliphatic rings. The van der Waals surface area contributed by atoms with Crippen molar-refractivity contribution in [3.05, 3.63) is 53.2 Å². The van der Waals surface area contributed by atoms with Gasteiger partial charge in [0.2, 0.25) is 0 Å². The molecule has 3 heteroatoms. The molecule has 1 heterocycles. The molecule has 0 atom stereocenters. The fourth-order valence-electron chi connectivity index (χ4n) is 2.58. The van der Waals surface area contributed by atoms with Crippen LogP contribution in [0.3, 0.4) is 0 Å². The molecule has 2 aromatic rings. The average molecular weight is 284 g/mol. The molecular weight excluding hydrogens is 264 g/mol. The second-order valence-corrected chi connectivity index (χ2v) is 6.26. The lowest BCUT2D eigenvalue weighted by molar-refractivity contribution is 0.723. The summed E-state index contributed by atoms with van der Waals surface area (Å²) in [5, 5.41) is 4.39. The third-order valence-electron chi connectivity index (χ3n) is 3.67. The van der Waals surface area contributed by atoms with E-state index >= 15 is 0 Å². The number of nitrogens with one attached hydrogen (secondary N) is 1. The van der Waals surface area contributed by atoms with Crippen molar-refractivity contribution in [3.63, 3.8) is 0 Å². The number of hydrogen-bond donors (Lipinski definition) is 1. The van der Waals surface area contributed by atoms with E-state index in [1.807, 2.05) is 6.20 Å². The zero-order chi connectivity index (χ0) is 13.8. The van der Waals surface area contributed by atoms with E-state index in [0.717, 1.165) is 18.1 Å². The van der Waals surface area contributed by atoms with Crippen LogP contribution in [0.25, 0.3) is 0 Å². The minimum Gasteiger partial charge on any atom is -0.313 e. The highest BCUT2D eigenvalue weighted by atomic mass is 32.2. The minimum absolute atomic E-state index is 0.896. The van der Waals surface area contributed by atoms with Crippen LogP contribution in [0.4, 0.5) is 0 Å². The smallest absolute Gasteiger partial charge is 0.101 e. The Kier molecular flexibility index (Phi) is 4.38. The van der Waals surface area contributed by atoms with E-state index in [-0.39, 0.29) is 0 Å². The SMILES string of the molecule is CCNCc1ccc(Sc2ccc3c(c2)CCC3)nc1. The van der Waals surface area contributed by atoms with Crippen molar-refractivity contribution in [2.75, 3.05) is 6.54 Å². The van der Waals surface area contributed by atoms with Crippen LogP contribution < -0.4 is 5.32 Å². The van der Waals surface area contributed by atoms with Crippen LogP contribution in [0.5, 0.6) is 0 Å². The molecule has 0 saturated carbocycles. The molecule has 1 aromatic carbocycles. The van der Waals surface area contributed by atoms with Crippen molar-refractivity contribution in [2.45, 2.75) is 42.7 Å². The van der Waals surface area contributed by atoms with Gasteiger partial charge in [-0.15, -0.1) is 0 Å².